The van der Waals surface area contributed by atoms with Crippen molar-refractivity contribution in [1.29, 1.82) is 0 Å². The molecule has 2 heterocycles. The molecule has 1 saturated heterocycles. The molecule has 19 heavy (non-hydrogen) atoms. The van der Waals surface area contributed by atoms with Gasteiger partial charge in [-0.2, -0.15) is 4.98 Å². The van der Waals surface area contributed by atoms with E-state index in [0.717, 1.165) is 25.3 Å². The average molecular weight is 266 g/mol. The minimum atomic E-state index is 0.119. The summed E-state index contributed by atoms with van der Waals surface area (Å²) in [4.78, 5) is 18.0. The summed E-state index contributed by atoms with van der Waals surface area (Å²) in [7, 11) is 1.68. The summed E-state index contributed by atoms with van der Waals surface area (Å²) in [6.45, 7) is 6.70. The van der Waals surface area contributed by atoms with Crippen LogP contribution in [-0.2, 0) is 11.3 Å². The topological polar surface area (TPSA) is 71.3 Å². The Hall–Kier alpha value is -1.43. The highest BCUT2D eigenvalue weighted by Crippen LogP contribution is 2.21. The number of likely N-dealkylation sites (tertiary alicyclic amines) is 1. The standard InChI is InChI=1S/C13H22N4O2/c1-9(2)13-15-11(16-19-13)8-17-5-4-10(7-17)6-12(18)14-3/h9-10H,4-8H2,1-3H3,(H,14,18)/t10-/m1/s1. The third kappa shape index (κ3) is 3.76. The summed E-state index contributed by atoms with van der Waals surface area (Å²) in [6, 6.07) is 0. The van der Waals surface area contributed by atoms with Crippen molar-refractivity contribution in [1.82, 2.24) is 20.4 Å². The van der Waals surface area contributed by atoms with Crippen LogP contribution in [0.4, 0.5) is 0 Å². The number of hydrogen-bond donors (Lipinski definition) is 1. The summed E-state index contributed by atoms with van der Waals surface area (Å²) in [6.07, 6.45) is 1.67. The van der Waals surface area contributed by atoms with E-state index in [2.05, 4.69) is 20.4 Å². The van der Waals surface area contributed by atoms with E-state index in [-0.39, 0.29) is 11.8 Å². The first kappa shape index (κ1) is 14.0. The van der Waals surface area contributed by atoms with Crippen LogP contribution in [0.5, 0.6) is 0 Å². The molecule has 0 spiro atoms. The van der Waals surface area contributed by atoms with E-state index in [1.54, 1.807) is 7.05 Å². The summed E-state index contributed by atoms with van der Waals surface area (Å²) >= 11 is 0. The highest BCUT2D eigenvalue weighted by molar-refractivity contribution is 5.75. The zero-order valence-electron chi connectivity index (χ0n) is 11.8. The molecule has 0 aliphatic carbocycles. The number of rotatable bonds is 5. The van der Waals surface area contributed by atoms with Crippen molar-refractivity contribution >= 4 is 5.91 Å². The molecular formula is C13H22N4O2. The summed E-state index contributed by atoms with van der Waals surface area (Å²) < 4.78 is 5.19. The van der Waals surface area contributed by atoms with E-state index < -0.39 is 0 Å². The molecule has 0 radical (unpaired) electrons. The summed E-state index contributed by atoms with van der Waals surface area (Å²) in [5, 5.41) is 6.67. The van der Waals surface area contributed by atoms with Crippen LogP contribution in [-0.4, -0.2) is 41.1 Å². The van der Waals surface area contributed by atoms with Gasteiger partial charge in [0.05, 0.1) is 6.54 Å². The molecule has 1 aliphatic rings. The first-order chi connectivity index (χ1) is 9.08. The van der Waals surface area contributed by atoms with E-state index in [0.29, 0.717) is 24.8 Å². The number of nitrogens with zero attached hydrogens (tertiary/aromatic N) is 3. The molecule has 1 aliphatic heterocycles. The number of nitrogens with one attached hydrogen (secondary N) is 1. The van der Waals surface area contributed by atoms with Crippen LogP contribution < -0.4 is 5.32 Å². The van der Waals surface area contributed by atoms with Crippen molar-refractivity contribution in [2.45, 2.75) is 39.2 Å². The molecule has 1 fully saturated rings. The van der Waals surface area contributed by atoms with Crippen LogP contribution in [0.1, 0.15) is 44.3 Å². The first-order valence-corrected chi connectivity index (χ1v) is 6.84. The quantitative estimate of drug-likeness (QED) is 0.865. The molecule has 1 atom stereocenters. The molecule has 1 aromatic heterocycles. The van der Waals surface area contributed by atoms with Gasteiger partial charge in [0.25, 0.3) is 0 Å². The lowest BCUT2D eigenvalue weighted by atomic mass is 10.1. The number of aromatic nitrogens is 2. The predicted octanol–water partition coefficient (Wildman–Crippen LogP) is 1.15. The third-order valence-electron chi connectivity index (χ3n) is 3.47. The van der Waals surface area contributed by atoms with Crippen molar-refractivity contribution in [2.24, 2.45) is 5.92 Å². The number of amides is 1. The van der Waals surface area contributed by atoms with Crippen LogP contribution in [0.2, 0.25) is 0 Å². The monoisotopic (exact) mass is 266 g/mol. The zero-order valence-corrected chi connectivity index (χ0v) is 11.8. The molecule has 1 amide bonds. The Labute approximate surface area is 113 Å². The van der Waals surface area contributed by atoms with Crippen LogP contribution in [0, 0.1) is 5.92 Å². The molecule has 6 nitrogen and oxygen atoms in total. The molecule has 1 N–H and O–H groups in total. The van der Waals surface area contributed by atoms with Gasteiger partial charge in [-0.15, -0.1) is 0 Å². The molecule has 0 bridgehead atoms. The second-order valence-electron chi connectivity index (χ2n) is 5.47. The van der Waals surface area contributed by atoms with Crippen LogP contribution in [0.25, 0.3) is 0 Å². The van der Waals surface area contributed by atoms with E-state index in [4.69, 9.17) is 4.52 Å². The highest BCUT2D eigenvalue weighted by atomic mass is 16.5. The lowest BCUT2D eigenvalue weighted by Crippen LogP contribution is -2.24. The average Bonchev–Trinajstić information content (AvgIpc) is 2.99. The molecule has 106 valence electrons. The fraction of sp³-hybridized carbons (Fsp3) is 0.769. The van der Waals surface area contributed by atoms with Crippen molar-refractivity contribution in [3.63, 3.8) is 0 Å². The van der Waals surface area contributed by atoms with Crippen molar-refractivity contribution in [3.8, 4) is 0 Å². The lowest BCUT2D eigenvalue weighted by Gasteiger charge is -2.13. The Morgan fingerprint density at radius 2 is 2.37 bits per heavy atom. The van der Waals surface area contributed by atoms with E-state index in [1.165, 1.54) is 0 Å². The number of carbonyl (C=O) groups excluding carboxylic acids is 1. The van der Waals surface area contributed by atoms with Gasteiger partial charge in [0, 0.05) is 25.9 Å². The predicted molar refractivity (Wildman–Crippen MR) is 70.5 cm³/mol. The first-order valence-electron chi connectivity index (χ1n) is 6.84. The maximum Gasteiger partial charge on any atom is 0.229 e. The molecule has 6 heteroatoms. The van der Waals surface area contributed by atoms with Gasteiger partial charge in [-0.25, -0.2) is 0 Å². The van der Waals surface area contributed by atoms with Gasteiger partial charge in [0.2, 0.25) is 11.8 Å². The van der Waals surface area contributed by atoms with E-state index >= 15 is 0 Å². The molecule has 0 aromatic carbocycles. The molecule has 2 rings (SSSR count). The van der Waals surface area contributed by atoms with Gasteiger partial charge in [-0.3, -0.25) is 9.69 Å². The van der Waals surface area contributed by atoms with E-state index in [9.17, 15) is 4.79 Å². The number of carbonyl (C=O) groups is 1. The van der Waals surface area contributed by atoms with Crippen molar-refractivity contribution in [3.05, 3.63) is 11.7 Å². The fourth-order valence-corrected chi connectivity index (χ4v) is 2.35. The third-order valence-corrected chi connectivity index (χ3v) is 3.47. The SMILES string of the molecule is CNC(=O)C[C@H]1CCN(Cc2noc(C(C)C)n2)C1. The Morgan fingerprint density at radius 1 is 1.58 bits per heavy atom. The molecule has 1 aromatic rings. The van der Waals surface area contributed by atoms with Gasteiger partial charge in [-0.05, 0) is 18.9 Å². The Kier molecular flexibility index (Phi) is 4.52. The smallest absolute Gasteiger partial charge is 0.229 e. The minimum Gasteiger partial charge on any atom is -0.359 e. The van der Waals surface area contributed by atoms with Gasteiger partial charge < -0.3 is 9.84 Å². The summed E-state index contributed by atoms with van der Waals surface area (Å²) in [5.41, 5.74) is 0. The Bertz CT molecular complexity index is 430. The zero-order chi connectivity index (χ0) is 13.8. The Balaban J connectivity index is 1.82. The van der Waals surface area contributed by atoms with Crippen molar-refractivity contribution in [2.75, 3.05) is 20.1 Å². The van der Waals surface area contributed by atoms with Crippen LogP contribution in [0.15, 0.2) is 4.52 Å². The van der Waals surface area contributed by atoms with Gasteiger partial charge in [0.15, 0.2) is 5.82 Å². The number of hydrogen-bond acceptors (Lipinski definition) is 5. The second kappa shape index (κ2) is 6.14. The molecule has 0 saturated carbocycles. The molecular weight excluding hydrogens is 244 g/mol. The normalized spacial score (nSPS) is 20.1. The van der Waals surface area contributed by atoms with Crippen molar-refractivity contribution < 1.29 is 9.32 Å². The van der Waals surface area contributed by atoms with Gasteiger partial charge >= 0.3 is 0 Å². The Morgan fingerprint density at radius 3 is 3.00 bits per heavy atom. The maximum atomic E-state index is 11.3. The maximum absolute atomic E-state index is 11.3. The van der Waals surface area contributed by atoms with E-state index in [1.807, 2.05) is 13.8 Å². The molecule has 0 unspecified atom stereocenters. The largest absolute Gasteiger partial charge is 0.359 e. The highest BCUT2D eigenvalue weighted by Gasteiger charge is 2.25. The minimum absolute atomic E-state index is 0.119. The van der Waals surface area contributed by atoms with Crippen LogP contribution >= 0.6 is 0 Å². The lowest BCUT2D eigenvalue weighted by molar-refractivity contribution is -0.121. The second-order valence-corrected chi connectivity index (χ2v) is 5.47. The van der Waals surface area contributed by atoms with Gasteiger partial charge in [-0.1, -0.05) is 19.0 Å². The van der Waals surface area contributed by atoms with Crippen LogP contribution in [0.3, 0.4) is 0 Å². The van der Waals surface area contributed by atoms with Gasteiger partial charge in [0.1, 0.15) is 0 Å². The fourth-order valence-electron chi connectivity index (χ4n) is 2.35. The summed E-state index contributed by atoms with van der Waals surface area (Å²) in [5.74, 6) is 2.26.